The number of carbonyl (C=O) groups excluding carboxylic acids is 2. The van der Waals surface area contributed by atoms with Gasteiger partial charge in [-0.2, -0.15) is 0 Å². The van der Waals surface area contributed by atoms with Crippen LogP contribution in [0.25, 0.3) is 0 Å². The van der Waals surface area contributed by atoms with Gasteiger partial charge in [0.1, 0.15) is 0 Å². The van der Waals surface area contributed by atoms with Crippen LogP contribution in [-0.4, -0.2) is 23.9 Å². The van der Waals surface area contributed by atoms with E-state index in [1.807, 2.05) is 0 Å². The first-order valence-electron chi connectivity index (χ1n) is 5.33. The molecule has 1 fully saturated rings. The zero-order valence-electron chi connectivity index (χ0n) is 9.03. The zero-order chi connectivity index (χ0) is 11.4. The van der Waals surface area contributed by atoms with Crippen molar-refractivity contribution in [3.05, 3.63) is 0 Å². The minimum absolute atomic E-state index is 0.00306. The second-order valence-electron chi connectivity index (χ2n) is 4.35. The summed E-state index contributed by atoms with van der Waals surface area (Å²) in [7, 11) is 0. The summed E-state index contributed by atoms with van der Waals surface area (Å²) >= 11 is 0. The van der Waals surface area contributed by atoms with Gasteiger partial charge in [0.05, 0.1) is 0 Å². The Morgan fingerprint density at radius 3 is 2.60 bits per heavy atom. The third kappa shape index (κ3) is 3.87. The van der Waals surface area contributed by atoms with Crippen LogP contribution in [0.15, 0.2) is 0 Å². The molecule has 5 heteroatoms. The predicted molar refractivity (Wildman–Crippen MR) is 56.7 cm³/mol. The van der Waals surface area contributed by atoms with Gasteiger partial charge in [0.2, 0.25) is 11.8 Å². The van der Waals surface area contributed by atoms with Crippen molar-refractivity contribution < 1.29 is 9.59 Å². The lowest BCUT2D eigenvalue weighted by molar-refractivity contribution is -0.125. The fourth-order valence-corrected chi connectivity index (χ4v) is 1.97. The van der Waals surface area contributed by atoms with Crippen LogP contribution >= 0.6 is 0 Å². The fraction of sp³-hybridized carbons (Fsp3) is 0.800. The normalized spacial score (nSPS) is 27.3. The predicted octanol–water partition coefficient (Wildman–Crippen LogP) is -0.506. The molecule has 1 aliphatic rings. The average Bonchev–Trinajstić information content (AvgIpc) is 2.49. The Balaban J connectivity index is 2.32. The van der Waals surface area contributed by atoms with Crippen molar-refractivity contribution in [1.29, 1.82) is 0 Å². The molecule has 2 amide bonds. The second kappa shape index (κ2) is 5.11. The monoisotopic (exact) mass is 213 g/mol. The fourth-order valence-electron chi connectivity index (χ4n) is 1.97. The summed E-state index contributed by atoms with van der Waals surface area (Å²) in [4.78, 5) is 22.3. The first-order valence-corrected chi connectivity index (χ1v) is 5.33. The van der Waals surface area contributed by atoms with Crippen molar-refractivity contribution in [1.82, 2.24) is 5.32 Å². The van der Waals surface area contributed by atoms with E-state index in [1.165, 1.54) is 0 Å². The molecule has 1 rings (SSSR count). The smallest absolute Gasteiger partial charge is 0.223 e. The van der Waals surface area contributed by atoms with Crippen molar-refractivity contribution in [3.63, 3.8) is 0 Å². The third-order valence-corrected chi connectivity index (χ3v) is 2.74. The zero-order valence-corrected chi connectivity index (χ0v) is 9.03. The molecule has 3 unspecified atom stereocenters. The van der Waals surface area contributed by atoms with E-state index < -0.39 is 5.91 Å². The number of amides is 2. The first-order chi connectivity index (χ1) is 6.99. The Morgan fingerprint density at radius 2 is 2.13 bits per heavy atom. The molecule has 5 nitrogen and oxygen atoms in total. The Morgan fingerprint density at radius 1 is 1.47 bits per heavy atom. The Hall–Kier alpha value is -1.10. The molecule has 1 aliphatic carbocycles. The quantitative estimate of drug-likeness (QED) is 0.586. The van der Waals surface area contributed by atoms with Crippen LogP contribution in [0.1, 0.15) is 32.6 Å². The summed E-state index contributed by atoms with van der Waals surface area (Å²) in [5.41, 5.74) is 10.8. The lowest BCUT2D eigenvalue weighted by atomic mass is 10.1. The molecule has 0 heterocycles. The van der Waals surface area contributed by atoms with Gasteiger partial charge < -0.3 is 16.8 Å². The summed E-state index contributed by atoms with van der Waals surface area (Å²) in [5.74, 6) is -0.391. The van der Waals surface area contributed by atoms with Gasteiger partial charge in [-0.3, -0.25) is 9.59 Å². The number of rotatable bonds is 4. The highest BCUT2D eigenvalue weighted by Gasteiger charge is 2.28. The van der Waals surface area contributed by atoms with Crippen LogP contribution in [-0.2, 0) is 9.59 Å². The van der Waals surface area contributed by atoms with Gasteiger partial charge in [0.25, 0.3) is 0 Å². The highest BCUT2D eigenvalue weighted by molar-refractivity contribution is 5.80. The number of hydrogen-bond acceptors (Lipinski definition) is 3. The maximum atomic E-state index is 11.7. The van der Waals surface area contributed by atoms with Gasteiger partial charge in [0, 0.05) is 24.4 Å². The van der Waals surface area contributed by atoms with Crippen LogP contribution in [0.4, 0.5) is 0 Å². The van der Waals surface area contributed by atoms with Crippen molar-refractivity contribution in [2.75, 3.05) is 0 Å². The molecule has 0 radical (unpaired) electrons. The standard InChI is InChI=1S/C10H19N3O2/c1-6(4-9(12)14)13-10(15)7-2-3-8(11)5-7/h6-8H,2-5,11H2,1H3,(H2,12,14)(H,13,15). The molecule has 0 aromatic rings. The molecule has 0 aromatic heterocycles. The van der Waals surface area contributed by atoms with E-state index in [0.29, 0.717) is 0 Å². The van der Waals surface area contributed by atoms with Gasteiger partial charge in [-0.15, -0.1) is 0 Å². The van der Waals surface area contributed by atoms with Gasteiger partial charge in [0.15, 0.2) is 0 Å². The van der Waals surface area contributed by atoms with Crippen LogP contribution in [0.3, 0.4) is 0 Å². The van der Waals surface area contributed by atoms with Gasteiger partial charge >= 0.3 is 0 Å². The van der Waals surface area contributed by atoms with Gasteiger partial charge in [-0.1, -0.05) is 0 Å². The molecule has 86 valence electrons. The summed E-state index contributed by atoms with van der Waals surface area (Å²) in [6.45, 7) is 1.78. The second-order valence-corrected chi connectivity index (χ2v) is 4.35. The number of nitrogens with two attached hydrogens (primary N) is 2. The molecule has 1 saturated carbocycles. The van der Waals surface area contributed by atoms with Crippen molar-refractivity contribution in [2.24, 2.45) is 17.4 Å². The number of nitrogens with one attached hydrogen (secondary N) is 1. The number of hydrogen-bond donors (Lipinski definition) is 3. The maximum Gasteiger partial charge on any atom is 0.223 e. The van der Waals surface area contributed by atoms with E-state index in [2.05, 4.69) is 5.32 Å². The van der Waals surface area contributed by atoms with Crippen molar-refractivity contribution in [3.8, 4) is 0 Å². The molecular formula is C10H19N3O2. The molecule has 0 saturated heterocycles. The first kappa shape index (κ1) is 12.0. The third-order valence-electron chi connectivity index (χ3n) is 2.74. The van der Waals surface area contributed by atoms with E-state index in [1.54, 1.807) is 6.92 Å². The Kier molecular flexibility index (Phi) is 4.08. The minimum atomic E-state index is -0.397. The highest BCUT2D eigenvalue weighted by atomic mass is 16.2. The van der Waals surface area contributed by atoms with Gasteiger partial charge in [-0.25, -0.2) is 0 Å². The lowest BCUT2D eigenvalue weighted by Gasteiger charge is -2.15. The van der Waals surface area contributed by atoms with Crippen LogP contribution < -0.4 is 16.8 Å². The lowest BCUT2D eigenvalue weighted by Crippen LogP contribution is -2.39. The molecule has 0 spiro atoms. The number of primary amides is 1. The molecule has 5 N–H and O–H groups in total. The summed E-state index contributed by atoms with van der Waals surface area (Å²) < 4.78 is 0. The highest BCUT2D eigenvalue weighted by Crippen LogP contribution is 2.24. The largest absolute Gasteiger partial charge is 0.370 e. The molecule has 3 atom stereocenters. The Bertz CT molecular complexity index is 255. The molecule has 0 aliphatic heterocycles. The molecule has 0 aromatic carbocycles. The number of carbonyl (C=O) groups is 2. The SMILES string of the molecule is CC(CC(N)=O)NC(=O)C1CCC(N)C1. The Labute approximate surface area is 89.6 Å². The van der Waals surface area contributed by atoms with E-state index >= 15 is 0 Å². The summed E-state index contributed by atoms with van der Waals surface area (Å²) in [5, 5.41) is 2.78. The van der Waals surface area contributed by atoms with E-state index in [4.69, 9.17) is 11.5 Å². The summed E-state index contributed by atoms with van der Waals surface area (Å²) in [6, 6.07) is -0.0426. The molecular weight excluding hydrogens is 194 g/mol. The van der Waals surface area contributed by atoms with Crippen molar-refractivity contribution in [2.45, 2.75) is 44.7 Å². The van der Waals surface area contributed by atoms with Crippen molar-refractivity contribution >= 4 is 11.8 Å². The van der Waals surface area contributed by atoms with E-state index in [9.17, 15) is 9.59 Å². The van der Waals surface area contributed by atoms with Gasteiger partial charge in [-0.05, 0) is 26.2 Å². The topological polar surface area (TPSA) is 98.2 Å². The van der Waals surface area contributed by atoms with Crippen LogP contribution in [0.2, 0.25) is 0 Å². The minimum Gasteiger partial charge on any atom is -0.370 e. The molecule has 0 bridgehead atoms. The molecule has 15 heavy (non-hydrogen) atoms. The van der Waals surface area contributed by atoms with E-state index in [0.717, 1.165) is 19.3 Å². The summed E-state index contributed by atoms with van der Waals surface area (Å²) in [6.07, 6.45) is 2.68. The average molecular weight is 213 g/mol. The van der Waals surface area contributed by atoms with Crippen LogP contribution in [0, 0.1) is 5.92 Å². The maximum absolute atomic E-state index is 11.7. The van der Waals surface area contributed by atoms with E-state index in [-0.39, 0.29) is 30.3 Å². The van der Waals surface area contributed by atoms with Crippen LogP contribution in [0.5, 0.6) is 0 Å².